The van der Waals surface area contributed by atoms with E-state index in [1.807, 2.05) is 13.8 Å². The molecular weight excluding hydrogens is 415 g/mol. The lowest BCUT2D eigenvalue weighted by Crippen LogP contribution is -2.46. The van der Waals surface area contributed by atoms with Gasteiger partial charge in [0.2, 0.25) is 5.91 Å². The van der Waals surface area contributed by atoms with Crippen LogP contribution in [0.4, 0.5) is 13.2 Å². The van der Waals surface area contributed by atoms with Crippen LogP contribution in [-0.2, 0) is 16.1 Å². The predicted molar refractivity (Wildman–Crippen MR) is 107 cm³/mol. The molecule has 3 rings (SSSR count). The first-order valence-electron chi connectivity index (χ1n) is 10.6. The van der Waals surface area contributed by atoms with Crippen LogP contribution in [0.1, 0.15) is 63.0 Å². The minimum atomic E-state index is -5.08. The van der Waals surface area contributed by atoms with E-state index in [4.69, 9.17) is 14.4 Å². The lowest BCUT2D eigenvalue weighted by molar-refractivity contribution is -0.192. The van der Waals surface area contributed by atoms with E-state index >= 15 is 0 Å². The molecule has 2 aliphatic rings. The Kier molecular flexibility index (Phi) is 8.13. The van der Waals surface area contributed by atoms with E-state index in [1.165, 1.54) is 6.42 Å². The van der Waals surface area contributed by atoms with Crippen molar-refractivity contribution in [1.29, 1.82) is 0 Å². The Balaban J connectivity index is 0.000000423. The number of halogens is 3. The fraction of sp³-hybridized carbons (Fsp3) is 0.762. The summed E-state index contributed by atoms with van der Waals surface area (Å²) in [6, 6.07) is 0. The molecule has 3 heterocycles. The molecule has 10 heteroatoms. The van der Waals surface area contributed by atoms with Gasteiger partial charge < -0.3 is 19.4 Å². The summed E-state index contributed by atoms with van der Waals surface area (Å²) in [5.41, 5.74) is 2.05. The minimum absolute atomic E-state index is 0.0406. The van der Waals surface area contributed by atoms with Crippen molar-refractivity contribution in [1.82, 2.24) is 15.0 Å². The van der Waals surface area contributed by atoms with Crippen LogP contribution in [0, 0.1) is 19.8 Å². The SMILES string of the molecule is Cc1noc(C)c1CN1C(=O)CCC12CCCN(CC(C)C)CC2.O=C(O)C(F)(F)F. The normalized spacial score (nSPS) is 22.6. The van der Waals surface area contributed by atoms with Crippen molar-refractivity contribution in [3.05, 3.63) is 17.0 Å². The second-order valence-electron chi connectivity index (χ2n) is 8.86. The highest BCUT2D eigenvalue weighted by Crippen LogP contribution is 2.40. The number of carbonyl (C=O) groups excluding carboxylic acids is 1. The number of aromatic nitrogens is 1. The maximum Gasteiger partial charge on any atom is 0.490 e. The molecule has 1 spiro atoms. The van der Waals surface area contributed by atoms with Crippen molar-refractivity contribution in [2.45, 2.75) is 78.1 Å². The van der Waals surface area contributed by atoms with Crippen molar-refractivity contribution < 1.29 is 32.4 Å². The standard InChI is InChI=1S/C19H31N3O2.C2HF3O2/c1-14(2)12-21-10-5-7-19(9-11-21)8-6-18(23)22(19)13-17-15(3)20-24-16(17)4;3-2(4,5)1(6)7/h14H,5-13H2,1-4H3;(H,6,7). The van der Waals surface area contributed by atoms with Crippen LogP contribution >= 0.6 is 0 Å². The zero-order valence-corrected chi connectivity index (χ0v) is 18.6. The maximum atomic E-state index is 12.6. The molecule has 1 aromatic rings. The number of aryl methyl sites for hydroxylation is 2. The molecule has 1 amide bonds. The number of amides is 1. The van der Waals surface area contributed by atoms with E-state index in [1.54, 1.807) is 0 Å². The van der Waals surface area contributed by atoms with Crippen molar-refractivity contribution in [2.24, 2.45) is 5.92 Å². The smallest absolute Gasteiger partial charge is 0.475 e. The number of carboxylic acid groups (broad SMARTS) is 1. The van der Waals surface area contributed by atoms with Gasteiger partial charge in [-0.3, -0.25) is 4.79 Å². The van der Waals surface area contributed by atoms with E-state index < -0.39 is 12.1 Å². The van der Waals surface area contributed by atoms with Gasteiger partial charge in [0, 0.05) is 30.6 Å². The average molecular weight is 447 g/mol. The second-order valence-corrected chi connectivity index (χ2v) is 8.86. The van der Waals surface area contributed by atoms with Gasteiger partial charge in [-0.1, -0.05) is 19.0 Å². The molecule has 7 nitrogen and oxygen atoms in total. The first-order chi connectivity index (χ1) is 14.4. The quantitative estimate of drug-likeness (QED) is 0.753. The van der Waals surface area contributed by atoms with E-state index in [9.17, 15) is 18.0 Å². The van der Waals surface area contributed by atoms with Gasteiger partial charge in [-0.15, -0.1) is 0 Å². The van der Waals surface area contributed by atoms with Crippen LogP contribution in [0.2, 0.25) is 0 Å². The molecule has 2 fully saturated rings. The van der Waals surface area contributed by atoms with Crippen LogP contribution in [0.3, 0.4) is 0 Å². The first-order valence-corrected chi connectivity index (χ1v) is 10.6. The molecule has 1 aromatic heterocycles. The number of rotatable bonds is 4. The van der Waals surface area contributed by atoms with Gasteiger partial charge in [-0.05, 0) is 52.0 Å². The number of nitrogens with zero attached hydrogens (tertiary/aromatic N) is 3. The summed E-state index contributed by atoms with van der Waals surface area (Å²) in [7, 11) is 0. The van der Waals surface area contributed by atoms with Crippen molar-refractivity contribution in [2.75, 3.05) is 19.6 Å². The number of likely N-dealkylation sites (tertiary alicyclic amines) is 2. The number of carbonyl (C=O) groups is 2. The first kappa shape index (κ1) is 25.2. The average Bonchev–Trinajstić information content (AvgIpc) is 3.04. The minimum Gasteiger partial charge on any atom is -0.475 e. The van der Waals surface area contributed by atoms with Crippen molar-refractivity contribution in [3.8, 4) is 0 Å². The Bertz CT molecular complexity index is 759. The molecule has 2 aliphatic heterocycles. The van der Waals surface area contributed by atoms with Gasteiger partial charge in [0.25, 0.3) is 0 Å². The number of hydrogen-bond acceptors (Lipinski definition) is 5. The summed E-state index contributed by atoms with van der Waals surface area (Å²) >= 11 is 0. The molecular formula is C21H32F3N3O4. The topological polar surface area (TPSA) is 86.9 Å². The van der Waals surface area contributed by atoms with E-state index in [0.29, 0.717) is 24.8 Å². The third-order valence-corrected chi connectivity index (χ3v) is 6.05. The van der Waals surface area contributed by atoms with E-state index in [0.717, 1.165) is 55.9 Å². The summed E-state index contributed by atoms with van der Waals surface area (Å²) in [5, 5.41) is 11.2. The molecule has 0 aromatic carbocycles. The third-order valence-electron chi connectivity index (χ3n) is 6.05. The van der Waals surface area contributed by atoms with E-state index in [2.05, 4.69) is 28.8 Å². The van der Waals surface area contributed by atoms with Gasteiger partial charge >= 0.3 is 12.1 Å². The van der Waals surface area contributed by atoms with Gasteiger partial charge in [0.15, 0.2) is 0 Å². The Morgan fingerprint density at radius 1 is 1.23 bits per heavy atom. The highest BCUT2D eigenvalue weighted by molar-refractivity contribution is 5.79. The predicted octanol–water partition coefficient (Wildman–Crippen LogP) is 3.93. The van der Waals surface area contributed by atoms with Gasteiger partial charge in [-0.2, -0.15) is 13.2 Å². The van der Waals surface area contributed by atoms with Gasteiger partial charge in [0.05, 0.1) is 12.2 Å². The third kappa shape index (κ3) is 6.44. The van der Waals surface area contributed by atoms with Crippen LogP contribution in [0.25, 0.3) is 0 Å². The Hall–Kier alpha value is -2.10. The van der Waals surface area contributed by atoms with Gasteiger partial charge in [-0.25, -0.2) is 4.79 Å². The maximum absolute atomic E-state index is 12.6. The fourth-order valence-corrected chi connectivity index (χ4v) is 4.47. The van der Waals surface area contributed by atoms with Crippen LogP contribution < -0.4 is 0 Å². The zero-order valence-electron chi connectivity index (χ0n) is 18.6. The molecule has 0 radical (unpaired) electrons. The summed E-state index contributed by atoms with van der Waals surface area (Å²) in [5.74, 6) is -0.917. The molecule has 176 valence electrons. The van der Waals surface area contributed by atoms with Crippen LogP contribution in [0.15, 0.2) is 4.52 Å². The number of aliphatic carboxylic acids is 1. The Morgan fingerprint density at radius 2 is 1.87 bits per heavy atom. The molecule has 1 atom stereocenters. The van der Waals surface area contributed by atoms with Crippen LogP contribution in [0.5, 0.6) is 0 Å². The second kappa shape index (κ2) is 10.0. The van der Waals surface area contributed by atoms with Crippen LogP contribution in [-0.4, -0.2) is 63.3 Å². The molecule has 0 aliphatic carbocycles. The lowest BCUT2D eigenvalue weighted by Gasteiger charge is -2.38. The molecule has 31 heavy (non-hydrogen) atoms. The lowest BCUT2D eigenvalue weighted by atomic mass is 9.87. The largest absolute Gasteiger partial charge is 0.490 e. The number of alkyl halides is 3. The van der Waals surface area contributed by atoms with Crippen molar-refractivity contribution >= 4 is 11.9 Å². The molecule has 0 bridgehead atoms. The molecule has 0 saturated carbocycles. The Morgan fingerprint density at radius 3 is 2.39 bits per heavy atom. The van der Waals surface area contributed by atoms with E-state index in [-0.39, 0.29) is 5.54 Å². The number of carboxylic acids is 1. The number of hydrogen-bond donors (Lipinski definition) is 1. The summed E-state index contributed by atoms with van der Waals surface area (Å²) in [4.78, 5) is 26.3. The zero-order chi connectivity index (χ0) is 23.4. The Labute approximate surface area is 180 Å². The molecule has 1 unspecified atom stereocenters. The highest BCUT2D eigenvalue weighted by atomic mass is 19.4. The van der Waals surface area contributed by atoms with Gasteiger partial charge in [0.1, 0.15) is 5.76 Å². The summed E-state index contributed by atoms with van der Waals surface area (Å²) in [6.45, 7) is 12.6. The summed E-state index contributed by atoms with van der Waals surface area (Å²) < 4.78 is 37.0. The molecule has 2 saturated heterocycles. The summed E-state index contributed by atoms with van der Waals surface area (Å²) in [6.07, 6.45) is 0.00191. The fourth-order valence-electron chi connectivity index (χ4n) is 4.47. The van der Waals surface area contributed by atoms with Crippen molar-refractivity contribution in [3.63, 3.8) is 0 Å². The highest BCUT2D eigenvalue weighted by Gasteiger charge is 2.46. The molecule has 1 N–H and O–H groups in total. The monoisotopic (exact) mass is 447 g/mol.